The molecule has 0 N–H and O–H groups in total. The van der Waals surface area contributed by atoms with Gasteiger partial charge in [-0.1, -0.05) is 38.2 Å². The Kier molecular flexibility index (Phi) is 4.02. The minimum atomic E-state index is -0.421. The van der Waals surface area contributed by atoms with Gasteiger partial charge in [0.2, 0.25) is 0 Å². The summed E-state index contributed by atoms with van der Waals surface area (Å²) in [6.07, 6.45) is 8.49. The summed E-state index contributed by atoms with van der Waals surface area (Å²) in [6.45, 7) is 8.22. The summed E-state index contributed by atoms with van der Waals surface area (Å²) in [6, 6.07) is 0.711. The summed E-state index contributed by atoms with van der Waals surface area (Å²) in [4.78, 5) is 16.9. The highest BCUT2D eigenvalue weighted by atomic mass is 16.6. The number of fused-ring (bicyclic) bond motifs is 3. The minimum absolute atomic E-state index is 0.186. The van der Waals surface area contributed by atoms with E-state index in [4.69, 9.17) is 4.74 Å². The van der Waals surface area contributed by atoms with Crippen molar-refractivity contribution in [1.82, 2.24) is 9.80 Å². The molecule has 1 spiro atoms. The van der Waals surface area contributed by atoms with E-state index in [1.807, 2.05) is 0 Å². The average molecular weight is 326 g/mol. The van der Waals surface area contributed by atoms with E-state index in [1.54, 1.807) is 6.08 Å². The smallest absolute Gasteiger partial charge is 0.332 e. The number of carbonyl (C=O) groups excluding carboxylic acids is 1. The number of ether oxygens (including phenoxy) is 1. The summed E-state index contributed by atoms with van der Waals surface area (Å²) < 4.78 is 5.92. The number of piperidine rings is 1. The van der Waals surface area contributed by atoms with Gasteiger partial charge in [-0.2, -0.15) is 0 Å². The Morgan fingerprint density at radius 3 is 3.00 bits per heavy atom. The van der Waals surface area contributed by atoms with Crippen molar-refractivity contribution in [3.05, 3.63) is 23.3 Å². The van der Waals surface area contributed by atoms with E-state index in [1.165, 1.54) is 12.8 Å². The average Bonchev–Trinajstić information content (AvgIpc) is 3.08. The number of carbonyl (C=O) groups is 1. The lowest BCUT2D eigenvalue weighted by Crippen LogP contribution is -2.48. The molecule has 4 nitrogen and oxygen atoms in total. The number of esters is 1. The Bertz CT molecular complexity index is 665. The van der Waals surface area contributed by atoms with Crippen LogP contribution in [0.1, 0.15) is 39.5 Å². The van der Waals surface area contributed by atoms with Crippen molar-refractivity contribution in [3.8, 4) is 11.8 Å². The van der Waals surface area contributed by atoms with Crippen molar-refractivity contribution in [2.75, 3.05) is 26.2 Å². The molecule has 0 amide bonds. The van der Waals surface area contributed by atoms with Crippen LogP contribution in [0, 0.1) is 11.8 Å². The van der Waals surface area contributed by atoms with Crippen molar-refractivity contribution in [1.29, 1.82) is 0 Å². The second kappa shape index (κ2) is 6.06. The zero-order chi connectivity index (χ0) is 16.7. The topological polar surface area (TPSA) is 32.8 Å². The fourth-order valence-corrected chi connectivity index (χ4v) is 4.86. The SMILES string of the molecule is CCN(CC)CC#CC1=CC2C[C@@]3(OC(=O)C=C13)[C@H]1CCCCN21. The quantitative estimate of drug-likeness (QED) is 0.587. The Hall–Kier alpha value is -1.57. The highest BCUT2D eigenvalue weighted by molar-refractivity contribution is 5.90. The lowest BCUT2D eigenvalue weighted by atomic mass is 9.77. The third kappa shape index (κ3) is 2.34. The van der Waals surface area contributed by atoms with Crippen molar-refractivity contribution < 1.29 is 9.53 Å². The number of rotatable bonds is 3. The number of hydrogen-bond donors (Lipinski definition) is 0. The van der Waals surface area contributed by atoms with Crippen LogP contribution in [0.4, 0.5) is 0 Å². The van der Waals surface area contributed by atoms with Gasteiger partial charge < -0.3 is 4.74 Å². The zero-order valence-electron chi connectivity index (χ0n) is 14.7. The standard InChI is InChI=1S/C20H26N2O2/c1-3-21(4-2)10-7-8-15-12-16-14-20(17(15)13-19(23)24-20)18-9-5-6-11-22(16)18/h12-13,16,18H,3-6,9-11,14H2,1-2H3/t16?,18-,20+/m1/s1. The molecule has 3 heterocycles. The molecule has 128 valence electrons. The molecule has 0 saturated carbocycles. The highest BCUT2D eigenvalue weighted by Crippen LogP contribution is 2.53. The summed E-state index contributed by atoms with van der Waals surface area (Å²) >= 11 is 0. The van der Waals surface area contributed by atoms with Gasteiger partial charge in [0.1, 0.15) is 0 Å². The second-order valence-electron chi connectivity index (χ2n) is 7.23. The van der Waals surface area contributed by atoms with E-state index in [0.717, 1.165) is 50.2 Å². The van der Waals surface area contributed by atoms with Gasteiger partial charge in [-0.3, -0.25) is 9.80 Å². The van der Waals surface area contributed by atoms with Crippen LogP contribution in [0.3, 0.4) is 0 Å². The predicted octanol–water partition coefficient (Wildman–Crippen LogP) is 2.12. The van der Waals surface area contributed by atoms with Crippen molar-refractivity contribution >= 4 is 5.97 Å². The Labute approximate surface area is 144 Å². The molecule has 4 heteroatoms. The van der Waals surface area contributed by atoms with Crippen LogP contribution >= 0.6 is 0 Å². The molecule has 2 bridgehead atoms. The van der Waals surface area contributed by atoms with Crippen molar-refractivity contribution in [3.63, 3.8) is 0 Å². The lowest BCUT2D eigenvalue weighted by molar-refractivity contribution is -0.148. The molecule has 1 aliphatic carbocycles. The normalized spacial score (nSPS) is 34.0. The molecule has 24 heavy (non-hydrogen) atoms. The van der Waals surface area contributed by atoms with Gasteiger partial charge in [0, 0.05) is 29.7 Å². The molecule has 0 radical (unpaired) electrons. The molecule has 0 aromatic heterocycles. The maximum atomic E-state index is 12.1. The van der Waals surface area contributed by atoms with Crippen LogP contribution in [-0.4, -0.2) is 59.6 Å². The molecule has 2 fully saturated rings. The van der Waals surface area contributed by atoms with E-state index in [0.29, 0.717) is 12.1 Å². The van der Waals surface area contributed by atoms with Gasteiger partial charge in [0.15, 0.2) is 5.60 Å². The largest absolute Gasteiger partial charge is 0.449 e. The van der Waals surface area contributed by atoms with Gasteiger partial charge in [-0.15, -0.1) is 0 Å². The van der Waals surface area contributed by atoms with Gasteiger partial charge in [-0.25, -0.2) is 4.79 Å². The maximum absolute atomic E-state index is 12.1. The molecule has 4 aliphatic rings. The zero-order valence-corrected chi connectivity index (χ0v) is 14.7. The summed E-state index contributed by atoms with van der Waals surface area (Å²) in [5.41, 5.74) is 1.65. The Morgan fingerprint density at radius 1 is 1.38 bits per heavy atom. The van der Waals surface area contributed by atoms with E-state index in [-0.39, 0.29) is 5.97 Å². The minimum Gasteiger partial charge on any atom is -0.449 e. The second-order valence-corrected chi connectivity index (χ2v) is 7.23. The molecule has 0 aromatic carbocycles. The summed E-state index contributed by atoms with van der Waals surface area (Å²) in [5, 5.41) is 0. The van der Waals surface area contributed by atoms with Crippen LogP contribution in [0.15, 0.2) is 23.3 Å². The van der Waals surface area contributed by atoms with E-state index in [2.05, 4.69) is 41.6 Å². The first-order chi connectivity index (χ1) is 11.7. The fourth-order valence-electron chi connectivity index (χ4n) is 4.86. The van der Waals surface area contributed by atoms with Gasteiger partial charge in [0.05, 0.1) is 12.6 Å². The van der Waals surface area contributed by atoms with Crippen LogP contribution < -0.4 is 0 Å². The molecule has 2 saturated heterocycles. The molecular weight excluding hydrogens is 300 g/mol. The highest BCUT2D eigenvalue weighted by Gasteiger charge is 2.61. The van der Waals surface area contributed by atoms with E-state index < -0.39 is 5.60 Å². The molecular formula is C20H26N2O2. The summed E-state index contributed by atoms with van der Waals surface area (Å²) in [5.74, 6) is 6.49. The lowest BCUT2D eigenvalue weighted by Gasteiger charge is -2.38. The van der Waals surface area contributed by atoms with Crippen LogP contribution in [0.25, 0.3) is 0 Å². The molecule has 4 rings (SSSR count). The van der Waals surface area contributed by atoms with E-state index in [9.17, 15) is 4.79 Å². The number of nitrogens with zero attached hydrogens (tertiary/aromatic N) is 2. The summed E-state index contributed by atoms with van der Waals surface area (Å²) in [7, 11) is 0. The Balaban J connectivity index is 1.65. The number of hydrogen-bond acceptors (Lipinski definition) is 4. The van der Waals surface area contributed by atoms with E-state index >= 15 is 0 Å². The molecule has 1 unspecified atom stereocenters. The predicted molar refractivity (Wildman–Crippen MR) is 93.3 cm³/mol. The molecule has 3 atom stereocenters. The monoisotopic (exact) mass is 326 g/mol. The third-order valence-electron chi connectivity index (χ3n) is 6.09. The molecule has 0 aromatic rings. The van der Waals surface area contributed by atoms with Gasteiger partial charge in [0.25, 0.3) is 0 Å². The van der Waals surface area contributed by atoms with Crippen LogP contribution in [0.2, 0.25) is 0 Å². The Morgan fingerprint density at radius 2 is 2.21 bits per heavy atom. The van der Waals surface area contributed by atoms with Gasteiger partial charge >= 0.3 is 5.97 Å². The first-order valence-corrected chi connectivity index (χ1v) is 9.32. The molecule has 3 aliphatic heterocycles. The third-order valence-corrected chi connectivity index (χ3v) is 6.09. The van der Waals surface area contributed by atoms with Crippen LogP contribution in [0.5, 0.6) is 0 Å². The first-order valence-electron chi connectivity index (χ1n) is 9.32. The first kappa shape index (κ1) is 15.9. The van der Waals surface area contributed by atoms with Crippen LogP contribution in [-0.2, 0) is 9.53 Å². The van der Waals surface area contributed by atoms with Crippen molar-refractivity contribution in [2.45, 2.75) is 57.2 Å². The fraction of sp³-hybridized carbons (Fsp3) is 0.650. The van der Waals surface area contributed by atoms with Gasteiger partial charge in [-0.05, 0) is 32.5 Å². The van der Waals surface area contributed by atoms with Crippen molar-refractivity contribution in [2.24, 2.45) is 0 Å². The maximum Gasteiger partial charge on any atom is 0.332 e.